The molecule has 1 radical (unpaired) electrons. The number of rotatable bonds is 0. The predicted octanol–water partition coefficient (Wildman–Crippen LogP) is -4.15. The molecule has 0 spiro atoms. The molecule has 7 heavy (non-hydrogen) atoms. The van der Waals surface area contributed by atoms with Crippen LogP contribution < -0.4 is 0 Å². The van der Waals surface area contributed by atoms with Crippen molar-refractivity contribution in [1.82, 2.24) is 0 Å². The monoisotopic (exact) mass is 267 g/mol. The van der Waals surface area contributed by atoms with E-state index >= 15 is 0 Å². The molecule has 0 aliphatic heterocycles. The average molecular weight is 268 g/mol. The van der Waals surface area contributed by atoms with Crippen LogP contribution in [0, 0.1) is 0 Å². The van der Waals surface area contributed by atoms with Crippen LogP contribution in [-0.2, 0) is 17.1 Å². The van der Waals surface area contributed by atoms with E-state index in [-0.39, 0.29) is 64.5 Å². The Bertz CT molecular complexity index is 19.7. The van der Waals surface area contributed by atoms with Crippen molar-refractivity contribution in [3.05, 3.63) is 0 Å². The number of hydrogen-bond donors (Lipinski definition) is 3. The summed E-state index contributed by atoms with van der Waals surface area (Å²) in [7, 11) is -2.17. The Morgan fingerprint density at radius 1 is 1.00 bits per heavy atom. The first-order valence-corrected chi connectivity index (χ1v) is 0.775. The third kappa shape index (κ3) is 70.2. The van der Waals surface area contributed by atoms with Crippen LogP contribution >= 0.6 is 0 Å². The van der Waals surface area contributed by atoms with E-state index in [0.717, 1.165) is 0 Å². The van der Waals surface area contributed by atoms with Crippen LogP contribution in [0.4, 0.5) is 0 Å². The molecular weight excluding hydrogens is 260 g/mol. The summed E-state index contributed by atoms with van der Waals surface area (Å²) in [5.74, 6) is 0. The van der Waals surface area contributed by atoms with E-state index in [4.69, 9.17) is 15.1 Å². The Kier molecular flexibility index (Phi) is 51.5. The van der Waals surface area contributed by atoms with Gasteiger partial charge in [-0.15, -0.1) is 0 Å². The topological polar surface area (TPSA) is 60.7 Å². The average Bonchev–Trinajstić information content (AvgIpc) is 0.811. The first-order chi connectivity index (χ1) is 1.73. The molecule has 0 amide bonds. The summed E-state index contributed by atoms with van der Waals surface area (Å²) >= 11 is 0. The van der Waals surface area contributed by atoms with Gasteiger partial charge in [-0.2, -0.15) is 0 Å². The predicted molar refractivity (Wildman–Crippen MR) is 30.9 cm³/mol. The van der Waals surface area contributed by atoms with Crippen LogP contribution in [0.2, 0.25) is 0 Å². The summed E-state index contributed by atoms with van der Waals surface area (Å²) in [5, 5.41) is 21.5. The fourth-order valence-electron chi connectivity index (χ4n) is 0. The molecule has 0 aliphatic rings. The van der Waals surface area contributed by atoms with Gasteiger partial charge in [0, 0.05) is 17.1 Å². The van der Waals surface area contributed by atoms with Crippen LogP contribution in [0.1, 0.15) is 0 Å². The van der Waals surface area contributed by atoms with Crippen molar-refractivity contribution in [3.63, 3.8) is 0 Å². The normalized spacial score (nSPS) is 3.86. The molecule has 0 saturated heterocycles. The summed E-state index contributed by atoms with van der Waals surface area (Å²) < 4.78 is 0. The molecule has 0 aromatic heterocycles. The van der Waals surface area contributed by atoms with E-state index in [2.05, 4.69) is 0 Å². The van der Waals surface area contributed by atoms with Crippen LogP contribution in [0.25, 0.3) is 0 Å². The second kappa shape index (κ2) is 15.7. The van der Waals surface area contributed by atoms with Crippen molar-refractivity contribution < 1.29 is 32.1 Å². The Labute approximate surface area is 86.1 Å². The zero-order valence-electron chi connectivity index (χ0n) is 3.00. The SMILES string of the molecule is OB(O)O.[MgH2].[Mn].[SbH3]. The third-order valence-electron chi connectivity index (χ3n) is 0. The minimum absolute atomic E-state index is 0. The zero-order valence-corrected chi connectivity index (χ0v) is 8.22. The molecular formula is H8BMgMnO3Sb. The van der Waals surface area contributed by atoms with Gasteiger partial charge in [0.15, 0.2) is 0 Å². The minimum atomic E-state index is -2.17. The van der Waals surface area contributed by atoms with Gasteiger partial charge in [0.05, 0.1) is 0 Å². The van der Waals surface area contributed by atoms with Crippen molar-refractivity contribution in [1.29, 1.82) is 0 Å². The van der Waals surface area contributed by atoms with Gasteiger partial charge in [0.25, 0.3) is 0 Å². The molecule has 43 valence electrons. The fourth-order valence-corrected chi connectivity index (χ4v) is 0. The van der Waals surface area contributed by atoms with Gasteiger partial charge in [0.2, 0.25) is 0 Å². The Balaban J connectivity index is -0.0000000150. The van der Waals surface area contributed by atoms with E-state index in [1.165, 1.54) is 0 Å². The maximum absolute atomic E-state index is 7.17. The summed E-state index contributed by atoms with van der Waals surface area (Å²) in [4.78, 5) is 0. The Morgan fingerprint density at radius 2 is 1.00 bits per heavy atom. The van der Waals surface area contributed by atoms with Gasteiger partial charge in [-0.25, -0.2) is 0 Å². The van der Waals surface area contributed by atoms with Crippen molar-refractivity contribution >= 4 is 54.8 Å². The van der Waals surface area contributed by atoms with Crippen LogP contribution in [0.3, 0.4) is 0 Å². The fraction of sp³-hybridized carbons (Fsp3) is 0. The van der Waals surface area contributed by atoms with E-state index < -0.39 is 7.32 Å². The maximum atomic E-state index is 7.17. The Morgan fingerprint density at radius 3 is 1.00 bits per heavy atom. The van der Waals surface area contributed by atoms with E-state index in [1.54, 1.807) is 0 Å². The molecule has 0 aromatic carbocycles. The molecule has 0 aliphatic carbocycles. The molecule has 0 unspecified atom stereocenters. The van der Waals surface area contributed by atoms with Crippen LogP contribution in [0.15, 0.2) is 0 Å². The van der Waals surface area contributed by atoms with Crippen molar-refractivity contribution in [2.75, 3.05) is 0 Å². The Hall–Kier alpha value is 2.05. The van der Waals surface area contributed by atoms with Crippen LogP contribution in [0.5, 0.6) is 0 Å². The van der Waals surface area contributed by atoms with Gasteiger partial charge in [-0.05, 0) is 0 Å². The molecule has 0 saturated carbocycles. The standard InChI is InChI=1S/BH3O3.Mg.Mn.Sb.5H/c2-1(3)4;;;;;;;;/h2-4H;;;;;;;;. The first kappa shape index (κ1) is 23.0. The van der Waals surface area contributed by atoms with E-state index in [9.17, 15) is 0 Å². The first-order valence-electron chi connectivity index (χ1n) is 0.775. The molecule has 0 rings (SSSR count). The second-order valence-corrected chi connectivity index (χ2v) is 0.346. The quantitative estimate of drug-likeness (QED) is 0.391. The van der Waals surface area contributed by atoms with Crippen molar-refractivity contribution in [2.45, 2.75) is 0 Å². The second-order valence-electron chi connectivity index (χ2n) is 0.346. The van der Waals surface area contributed by atoms with Gasteiger partial charge in [0.1, 0.15) is 0 Å². The van der Waals surface area contributed by atoms with Crippen molar-refractivity contribution in [3.8, 4) is 0 Å². The van der Waals surface area contributed by atoms with Gasteiger partial charge >= 0.3 is 54.8 Å². The van der Waals surface area contributed by atoms with E-state index in [0.29, 0.717) is 0 Å². The molecule has 0 heterocycles. The molecule has 0 atom stereocenters. The molecule has 0 aromatic rings. The molecule has 0 bridgehead atoms. The summed E-state index contributed by atoms with van der Waals surface area (Å²) in [6, 6.07) is 0. The summed E-state index contributed by atoms with van der Waals surface area (Å²) in [6.45, 7) is 0. The zero-order chi connectivity index (χ0) is 3.58. The number of hydrogen-bond acceptors (Lipinski definition) is 3. The molecule has 0 fully saturated rings. The molecule has 7 heteroatoms. The van der Waals surface area contributed by atoms with Gasteiger partial charge < -0.3 is 15.1 Å². The third-order valence-corrected chi connectivity index (χ3v) is 0. The summed E-state index contributed by atoms with van der Waals surface area (Å²) in [5.41, 5.74) is 0. The van der Waals surface area contributed by atoms with E-state index in [1.807, 2.05) is 0 Å². The molecule has 3 nitrogen and oxygen atoms in total. The summed E-state index contributed by atoms with van der Waals surface area (Å²) in [6.07, 6.45) is 0. The van der Waals surface area contributed by atoms with Gasteiger partial charge in [-0.1, -0.05) is 0 Å². The molecule has 3 N–H and O–H groups in total. The van der Waals surface area contributed by atoms with Gasteiger partial charge in [-0.3, -0.25) is 0 Å². The van der Waals surface area contributed by atoms with Crippen LogP contribution in [-0.4, -0.2) is 69.9 Å². The van der Waals surface area contributed by atoms with Crippen molar-refractivity contribution in [2.24, 2.45) is 0 Å².